The quantitative estimate of drug-likeness (QED) is 0.575. The first-order chi connectivity index (χ1) is 5.06. The largest absolute Gasteiger partial charge is 0.352 e. The summed E-state index contributed by atoms with van der Waals surface area (Å²) >= 11 is 0. The van der Waals surface area contributed by atoms with Gasteiger partial charge in [-0.3, -0.25) is 9.59 Å². The van der Waals surface area contributed by atoms with E-state index in [-0.39, 0.29) is 24.3 Å². The van der Waals surface area contributed by atoms with Crippen LogP contribution < -0.4 is 11.1 Å². The molecule has 0 spiro atoms. The predicted molar refractivity (Wildman–Crippen MR) is 42.0 cm³/mol. The lowest BCUT2D eigenvalue weighted by molar-refractivity contribution is -0.121. The summed E-state index contributed by atoms with van der Waals surface area (Å²) in [6.45, 7) is 3.24. The summed E-state index contributed by atoms with van der Waals surface area (Å²) in [4.78, 5) is 21.2. The topological polar surface area (TPSA) is 72.2 Å². The zero-order valence-corrected chi connectivity index (χ0v) is 6.89. The van der Waals surface area contributed by atoms with Crippen molar-refractivity contribution in [2.45, 2.75) is 26.3 Å². The summed E-state index contributed by atoms with van der Waals surface area (Å²) in [6.07, 6.45) is 0.367. The molecule has 0 radical (unpaired) electrons. The summed E-state index contributed by atoms with van der Waals surface area (Å²) in [5, 5.41) is 2.58. The number of hydrogen-bond acceptors (Lipinski definition) is 3. The molecule has 1 atom stereocenters. The van der Waals surface area contributed by atoms with Gasteiger partial charge >= 0.3 is 0 Å². The molecular formula is C7H14N2O2. The maximum Gasteiger partial charge on any atom is 0.233 e. The van der Waals surface area contributed by atoms with Crippen molar-refractivity contribution in [2.24, 2.45) is 5.73 Å². The van der Waals surface area contributed by atoms with Crippen LogP contribution in [0.4, 0.5) is 0 Å². The van der Waals surface area contributed by atoms with E-state index < -0.39 is 0 Å². The van der Waals surface area contributed by atoms with E-state index in [0.29, 0.717) is 6.42 Å². The molecule has 0 bridgehead atoms. The van der Waals surface area contributed by atoms with Crippen LogP contribution in [0.2, 0.25) is 0 Å². The number of carbonyl (C=O) groups is 2. The number of nitrogens with two attached hydrogens (primary N) is 1. The third-order valence-electron chi connectivity index (χ3n) is 1.19. The van der Waals surface area contributed by atoms with E-state index in [1.807, 2.05) is 0 Å². The SMILES string of the molecule is CC(=O)CC(C)NC(=O)CN. The molecule has 4 nitrogen and oxygen atoms in total. The molecule has 0 saturated carbocycles. The first-order valence-corrected chi connectivity index (χ1v) is 3.55. The number of nitrogens with one attached hydrogen (secondary N) is 1. The van der Waals surface area contributed by atoms with Crippen LogP contribution in [0.15, 0.2) is 0 Å². The standard InChI is InChI=1S/C7H14N2O2/c1-5(3-6(2)10)9-7(11)4-8/h5H,3-4,8H2,1-2H3,(H,9,11). The van der Waals surface area contributed by atoms with Crippen LogP contribution in [0.3, 0.4) is 0 Å². The van der Waals surface area contributed by atoms with Gasteiger partial charge < -0.3 is 11.1 Å². The van der Waals surface area contributed by atoms with Crippen LogP contribution in [0.1, 0.15) is 20.3 Å². The molecule has 4 heteroatoms. The van der Waals surface area contributed by atoms with E-state index in [1.165, 1.54) is 6.92 Å². The Kier molecular flexibility index (Phi) is 4.45. The highest BCUT2D eigenvalue weighted by Crippen LogP contribution is 1.90. The number of Topliss-reactive ketones (excluding diaryl/α,β-unsaturated/α-hetero) is 1. The molecule has 0 aliphatic carbocycles. The first kappa shape index (κ1) is 10.1. The Labute approximate surface area is 66.1 Å². The molecule has 11 heavy (non-hydrogen) atoms. The Hall–Kier alpha value is -0.900. The minimum Gasteiger partial charge on any atom is -0.352 e. The molecule has 64 valence electrons. The Morgan fingerprint density at radius 1 is 1.55 bits per heavy atom. The highest BCUT2D eigenvalue weighted by molar-refractivity contribution is 5.80. The summed E-state index contributed by atoms with van der Waals surface area (Å²) < 4.78 is 0. The van der Waals surface area contributed by atoms with Crippen molar-refractivity contribution < 1.29 is 9.59 Å². The average molecular weight is 158 g/mol. The Bertz CT molecular complexity index is 157. The zero-order valence-electron chi connectivity index (χ0n) is 6.89. The van der Waals surface area contributed by atoms with Gasteiger partial charge in [0.25, 0.3) is 0 Å². The molecule has 3 N–H and O–H groups in total. The number of ketones is 1. The fourth-order valence-corrected chi connectivity index (χ4v) is 0.816. The van der Waals surface area contributed by atoms with Gasteiger partial charge in [-0.25, -0.2) is 0 Å². The maximum absolute atomic E-state index is 10.7. The summed E-state index contributed by atoms with van der Waals surface area (Å²) in [5.74, 6) is -0.159. The molecule has 0 saturated heterocycles. The molecule has 1 unspecified atom stereocenters. The lowest BCUT2D eigenvalue weighted by atomic mass is 10.2. The highest BCUT2D eigenvalue weighted by Gasteiger charge is 2.06. The van der Waals surface area contributed by atoms with Gasteiger partial charge in [0.1, 0.15) is 5.78 Å². The summed E-state index contributed by atoms with van der Waals surface area (Å²) in [7, 11) is 0. The molecular weight excluding hydrogens is 144 g/mol. The fourth-order valence-electron chi connectivity index (χ4n) is 0.816. The molecule has 0 fully saturated rings. The molecule has 0 aliphatic heterocycles. The number of carbonyl (C=O) groups excluding carboxylic acids is 2. The Morgan fingerprint density at radius 3 is 2.45 bits per heavy atom. The minimum absolute atomic E-state index is 0.0256. The van der Waals surface area contributed by atoms with Crippen LogP contribution in [0.5, 0.6) is 0 Å². The van der Waals surface area contributed by atoms with E-state index in [1.54, 1.807) is 6.92 Å². The lowest BCUT2D eigenvalue weighted by Crippen LogP contribution is -2.37. The number of hydrogen-bond donors (Lipinski definition) is 2. The minimum atomic E-state index is -0.223. The van der Waals surface area contributed by atoms with E-state index in [4.69, 9.17) is 5.73 Å². The number of rotatable bonds is 4. The first-order valence-electron chi connectivity index (χ1n) is 3.55. The van der Waals surface area contributed by atoms with Gasteiger partial charge in [0.2, 0.25) is 5.91 Å². The number of amides is 1. The third kappa shape index (κ3) is 5.54. The van der Waals surface area contributed by atoms with Gasteiger partial charge in [-0.1, -0.05) is 0 Å². The second-order valence-corrected chi connectivity index (χ2v) is 2.58. The highest BCUT2D eigenvalue weighted by atomic mass is 16.2. The lowest BCUT2D eigenvalue weighted by Gasteiger charge is -2.10. The summed E-state index contributed by atoms with van der Waals surface area (Å²) in [5.41, 5.74) is 5.05. The van der Waals surface area contributed by atoms with Gasteiger partial charge in [-0.05, 0) is 13.8 Å². The Morgan fingerprint density at radius 2 is 2.09 bits per heavy atom. The van der Waals surface area contributed by atoms with E-state index in [9.17, 15) is 9.59 Å². The van der Waals surface area contributed by atoms with Gasteiger partial charge in [-0.2, -0.15) is 0 Å². The van der Waals surface area contributed by atoms with Crippen LogP contribution in [0, 0.1) is 0 Å². The smallest absolute Gasteiger partial charge is 0.233 e. The van der Waals surface area contributed by atoms with Crippen LogP contribution >= 0.6 is 0 Å². The monoisotopic (exact) mass is 158 g/mol. The maximum atomic E-state index is 10.7. The Balaban J connectivity index is 3.60. The molecule has 0 aromatic carbocycles. The van der Waals surface area contributed by atoms with Gasteiger partial charge in [0.15, 0.2) is 0 Å². The summed E-state index contributed by atoms with van der Waals surface area (Å²) in [6, 6.07) is -0.108. The van der Waals surface area contributed by atoms with Crippen molar-refractivity contribution in [1.29, 1.82) is 0 Å². The van der Waals surface area contributed by atoms with Crippen LogP contribution in [0.25, 0.3) is 0 Å². The van der Waals surface area contributed by atoms with Crippen LogP contribution in [-0.4, -0.2) is 24.3 Å². The van der Waals surface area contributed by atoms with Crippen molar-refractivity contribution in [1.82, 2.24) is 5.32 Å². The van der Waals surface area contributed by atoms with Crippen molar-refractivity contribution >= 4 is 11.7 Å². The van der Waals surface area contributed by atoms with Gasteiger partial charge in [-0.15, -0.1) is 0 Å². The second-order valence-electron chi connectivity index (χ2n) is 2.58. The molecule has 0 aliphatic rings. The van der Waals surface area contributed by atoms with Crippen molar-refractivity contribution in [3.63, 3.8) is 0 Å². The molecule has 0 heterocycles. The zero-order chi connectivity index (χ0) is 8.85. The van der Waals surface area contributed by atoms with Gasteiger partial charge in [0.05, 0.1) is 6.54 Å². The van der Waals surface area contributed by atoms with E-state index >= 15 is 0 Å². The van der Waals surface area contributed by atoms with Crippen molar-refractivity contribution in [3.05, 3.63) is 0 Å². The third-order valence-corrected chi connectivity index (χ3v) is 1.19. The molecule has 0 rings (SSSR count). The van der Waals surface area contributed by atoms with Crippen LogP contribution in [-0.2, 0) is 9.59 Å². The molecule has 0 aromatic rings. The predicted octanol–water partition coefficient (Wildman–Crippen LogP) is -0.571. The molecule has 0 aromatic heterocycles. The van der Waals surface area contributed by atoms with E-state index in [0.717, 1.165) is 0 Å². The van der Waals surface area contributed by atoms with Crippen molar-refractivity contribution in [2.75, 3.05) is 6.54 Å². The fraction of sp³-hybridized carbons (Fsp3) is 0.714. The van der Waals surface area contributed by atoms with Gasteiger partial charge in [0, 0.05) is 12.5 Å². The molecule has 1 amide bonds. The average Bonchev–Trinajstić information content (AvgIpc) is 1.85. The van der Waals surface area contributed by atoms with Crippen molar-refractivity contribution in [3.8, 4) is 0 Å². The second kappa shape index (κ2) is 4.85. The van der Waals surface area contributed by atoms with E-state index in [2.05, 4.69) is 5.32 Å². The normalized spacial score (nSPS) is 12.3.